The first-order chi connectivity index (χ1) is 4.81. The second-order valence-electron chi connectivity index (χ2n) is 3.49. The lowest BCUT2D eigenvalue weighted by atomic mass is 10.1. The van der Waals surface area contributed by atoms with E-state index in [4.69, 9.17) is 5.73 Å². The monoisotopic (exact) mass is 135 g/mol. The highest BCUT2D eigenvalue weighted by atomic mass is 14.8. The Bertz CT molecular complexity index is 199. The molecule has 2 rings (SSSR count). The van der Waals surface area contributed by atoms with Crippen LogP contribution < -0.4 is 5.73 Å². The van der Waals surface area contributed by atoms with Crippen LogP contribution in [0.25, 0.3) is 0 Å². The van der Waals surface area contributed by atoms with Crippen molar-refractivity contribution in [1.29, 1.82) is 0 Å². The molecule has 0 aliphatic heterocycles. The Balaban J connectivity index is 2.11. The van der Waals surface area contributed by atoms with E-state index in [1.165, 1.54) is 19.3 Å². The fourth-order valence-corrected chi connectivity index (χ4v) is 1.69. The second kappa shape index (κ2) is 2.00. The molecule has 10 heavy (non-hydrogen) atoms. The molecule has 2 aliphatic rings. The van der Waals surface area contributed by atoms with Gasteiger partial charge in [-0.25, -0.2) is 0 Å². The van der Waals surface area contributed by atoms with E-state index in [2.05, 4.69) is 11.8 Å². The van der Waals surface area contributed by atoms with Crippen LogP contribution in [0.1, 0.15) is 32.1 Å². The summed E-state index contributed by atoms with van der Waals surface area (Å²) in [6.45, 7) is 0. The molecule has 0 aromatic heterocycles. The second-order valence-corrected chi connectivity index (χ2v) is 3.49. The average Bonchev–Trinajstić information content (AvgIpc) is 2.44. The first kappa shape index (κ1) is 6.24. The molecular formula is C9H13N. The molecule has 1 heteroatoms. The van der Waals surface area contributed by atoms with E-state index in [1.54, 1.807) is 0 Å². The van der Waals surface area contributed by atoms with Crippen molar-refractivity contribution in [1.82, 2.24) is 0 Å². The molecule has 0 bridgehead atoms. The van der Waals surface area contributed by atoms with Crippen LogP contribution in [-0.2, 0) is 0 Å². The Morgan fingerprint density at radius 2 is 2.30 bits per heavy atom. The predicted octanol–water partition coefficient (Wildman–Crippen LogP) is 1.28. The molecular weight excluding hydrogens is 122 g/mol. The molecule has 2 unspecified atom stereocenters. The SMILES string of the molecule is NC12C#CCCCCC1C2. The quantitative estimate of drug-likeness (QED) is 0.497. The van der Waals surface area contributed by atoms with Gasteiger partial charge in [0.15, 0.2) is 0 Å². The molecule has 2 atom stereocenters. The van der Waals surface area contributed by atoms with Crippen LogP contribution in [-0.4, -0.2) is 5.54 Å². The molecule has 0 spiro atoms. The third-order valence-corrected chi connectivity index (χ3v) is 2.58. The van der Waals surface area contributed by atoms with Gasteiger partial charge >= 0.3 is 0 Å². The molecule has 1 saturated carbocycles. The largest absolute Gasteiger partial charge is 0.315 e. The number of fused-ring (bicyclic) bond motifs is 1. The van der Waals surface area contributed by atoms with Crippen molar-refractivity contribution < 1.29 is 0 Å². The summed E-state index contributed by atoms with van der Waals surface area (Å²) >= 11 is 0. The van der Waals surface area contributed by atoms with Gasteiger partial charge in [0.05, 0.1) is 5.54 Å². The van der Waals surface area contributed by atoms with Gasteiger partial charge in [0, 0.05) is 6.42 Å². The van der Waals surface area contributed by atoms with Gasteiger partial charge in [0.1, 0.15) is 0 Å². The lowest BCUT2D eigenvalue weighted by molar-refractivity contribution is 0.590. The highest BCUT2D eigenvalue weighted by Gasteiger charge is 2.49. The average molecular weight is 135 g/mol. The Morgan fingerprint density at radius 3 is 3.20 bits per heavy atom. The molecule has 2 N–H and O–H groups in total. The van der Waals surface area contributed by atoms with E-state index in [9.17, 15) is 0 Å². The van der Waals surface area contributed by atoms with E-state index in [0.29, 0.717) is 0 Å². The summed E-state index contributed by atoms with van der Waals surface area (Å²) in [6.07, 6.45) is 6.13. The highest BCUT2D eigenvalue weighted by molar-refractivity contribution is 5.29. The third-order valence-electron chi connectivity index (χ3n) is 2.58. The van der Waals surface area contributed by atoms with Gasteiger partial charge in [-0.1, -0.05) is 12.3 Å². The van der Waals surface area contributed by atoms with E-state index < -0.39 is 0 Å². The summed E-state index contributed by atoms with van der Waals surface area (Å²) in [7, 11) is 0. The fraction of sp³-hybridized carbons (Fsp3) is 0.778. The minimum Gasteiger partial charge on any atom is -0.315 e. The van der Waals surface area contributed by atoms with Gasteiger partial charge in [0.25, 0.3) is 0 Å². The van der Waals surface area contributed by atoms with Gasteiger partial charge in [-0.2, -0.15) is 0 Å². The van der Waals surface area contributed by atoms with Gasteiger partial charge in [-0.15, -0.1) is 5.92 Å². The molecule has 0 amide bonds. The Hall–Kier alpha value is -0.480. The number of rotatable bonds is 0. The normalized spacial score (nSPS) is 43.9. The fourth-order valence-electron chi connectivity index (χ4n) is 1.69. The maximum Gasteiger partial charge on any atom is 0.0809 e. The van der Waals surface area contributed by atoms with Crippen molar-refractivity contribution in [3.05, 3.63) is 0 Å². The van der Waals surface area contributed by atoms with Crippen molar-refractivity contribution in [2.45, 2.75) is 37.6 Å². The zero-order chi connectivity index (χ0) is 7.03. The van der Waals surface area contributed by atoms with Crippen molar-refractivity contribution in [2.75, 3.05) is 0 Å². The molecule has 0 aromatic carbocycles. The summed E-state index contributed by atoms with van der Waals surface area (Å²) in [4.78, 5) is 0. The zero-order valence-corrected chi connectivity index (χ0v) is 6.19. The van der Waals surface area contributed by atoms with Crippen LogP contribution in [0.15, 0.2) is 0 Å². The van der Waals surface area contributed by atoms with Crippen molar-refractivity contribution >= 4 is 0 Å². The lowest BCUT2D eigenvalue weighted by Gasteiger charge is -2.04. The highest BCUT2D eigenvalue weighted by Crippen LogP contribution is 2.44. The van der Waals surface area contributed by atoms with Crippen LogP contribution >= 0.6 is 0 Å². The third kappa shape index (κ3) is 0.932. The molecule has 0 aromatic rings. The molecule has 2 aliphatic carbocycles. The minimum atomic E-state index is -0.0412. The summed E-state index contributed by atoms with van der Waals surface area (Å²) < 4.78 is 0. The first-order valence-electron chi connectivity index (χ1n) is 4.10. The summed E-state index contributed by atoms with van der Waals surface area (Å²) in [5.41, 5.74) is 5.91. The van der Waals surface area contributed by atoms with Crippen LogP contribution in [0.5, 0.6) is 0 Å². The maximum absolute atomic E-state index is 5.95. The summed E-state index contributed by atoms with van der Waals surface area (Å²) in [6, 6.07) is 0. The summed E-state index contributed by atoms with van der Waals surface area (Å²) in [5, 5.41) is 0. The molecule has 0 saturated heterocycles. The van der Waals surface area contributed by atoms with Crippen LogP contribution in [0.3, 0.4) is 0 Å². The van der Waals surface area contributed by atoms with Gasteiger partial charge < -0.3 is 5.73 Å². The van der Waals surface area contributed by atoms with E-state index >= 15 is 0 Å². The van der Waals surface area contributed by atoms with Gasteiger partial charge in [0.2, 0.25) is 0 Å². The van der Waals surface area contributed by atoms with Crippen molar-refractivity contribution in [2.24, 2.45) is 11.7 Å². The van der Waals surface area contributed by atoms with E-state index in [1.807, 2.05) is 0 Å². The Morgan fingerprint density at radius 1 is 1.40 bits per heavy atom. The maximum atomic E-state index is 5.95. The smallest absolute Gasteiger partial charge is 0.0809 e. The number of nitrogens with two attached hydrogens (primary N) is 1. The minimum absolute atomic E-state index is 0.0412. The van der Waals surface area contributed by atoms with Gasteiger partial charge in [-0.3, -0.25) is 0 Å². The number of hydrogen-bond acceptors (Lipinski definition) is 1. The van der Waals surface area contributed by atoms with Crippen LogP contribution in [0.2, 0.25) is 0 Å². The number of hydrogen-bond donors (Lipinski definition) is 1. The van der Waals surface area contributed by atoms with Crippen LogP contribution in [0, 0.1) is 17.8 Å². The van der Waals surface area contributed by atoms with Crippen molar-refractivity contribution in [3.8, 4) is 11.8 Å². The standard InChI is InChI=1S/C9H13N/c10-9-6-4-2-1-3-5-8(9)7-9/h8H,1-3,5,7,10H2. The molecule has 1 nitrogen and oxygen atoms in total. The Labute approximate surface area is 62.0 Å². The van der Waals surface area contributed by atoms with E-state index in [-0.39, 0.29) is 5.54 Å². The molecule has 0 radical (unpaired) electrons. The first-order valence-corrected chi connectivity index (χ1v) is 4.10. The molecule has 1 fully saturated rings. The zero-order valence-electron chi connectivity index (χ0n) is 6.19. The summed E-state index contributed by atoms with van der Waals surface area (Å²) in [5.74, 6) is 7.04. The van der Waals surface area contributed by atoms with Gasteiger partial charge in [-0.05, 0) is 25.2 Å². The van der Waals surface area contributed by atoms with Crippen LogP contribution in [0.4, 0.5) is 0 Å². The van der Waals surface area contributed by atoms with E-state index in [0.717, 1.165) is 18.8 Å². The molecule has 0 heterocycles. The van der Waals surface area contributed by atoms with Crippen molar-refractivity contribution in [3.63, 3.8) is 0 Å². The topological polar surface area (TPSA) is 26.0 Å². The molecule has 54 valence electrons. The predicted molar refractivity (Wildman–Crippen MR) is 41.3 cm³/mol. The lowest BCUT2D eigenvalue weighted by Crippen LogP contribution is -2.22. The Kier molecular flexibility index (Phi) is 1.25.